The Morgan fingerprint density at radius 3 is 2.14 bits per heavy atom. The third-order valence-corrected chi connectivity index (χ3v) is 4.88. The maximum absolute atomic E-state index is 11.9. The van der Waals surface area contributed by atoms with E-state index in [1.807, 2.05) is 6.92 Å². The highest BCUT2D eigenvalue weighted by molar-refractivity contribution is 7.54. The van der Waals surface area contributed by atoms with Crippen LogP contribution in [-0.4, -0.2) is 19.9 Å². The first-order valence-electron chi connectivity index (χ1n) is 5.32. The smallest absolute Gasteiger partial charge is 0.312 e. The molecular formula is C10H23O3P. The van der Waals surface area contributed by atoms with Crippen LogP contribution in [0.1, 0.15) is 46.0 Å². The van der Waals surface area contributed by atoms with Crippen LogP contribution in [-0.2, 0) is 13.6 Å². The van der Waals surface area contributed by atoms with Crippen LogP contribution in [0.3, 0.4) is 0 Å². The third kappa shape index (κ3) is 4.59. The molecule has 1 atom stereocenters. The average Bonchev–Trinajstić information content (AvgIpc) is 2.22. The lowest BCUT2D eigenvalue weighted by molar-refractivity contribution is 0.265. The quantitative estimate of drug-likeness (QED) is 0.462. The fraction of sp³-hybridized carbons (Fsp3) is 1.00. The summed E-state index contributed by atoms with van der Waals surface area (Å²) in [4.78, 5) is 0. The molecule has 0 aliphatic rings. The summed E-state index contributed by atoms with van der Waals surface area (Å²) in [5.41, 5.74) is 0.00866. The molecule has 86 valence electrons. The maximum Gasteiger partial charge on any atom is 0.332 e. The molecule has 0 saturated heterocycles. The molecule has 0 fully saturated rings. The number of unbranched alkanes of at least 4 members (excludes halogenated alkanes) is 3. The van der Waals surface area contributed by atoms with E-state index in [-0.39, 0.29) is 5.66 Å². The summed E-state index contributed by atoms with van der Waals surface area (Å²) in [5.74, 6) is 0. The molecular weight excluding hydrogens is 199 g/mol. The van der Waals surface area contributed by atoms with E-state index in [4.69, 9.17) is 9.05 Å². The van der Waals surface area contributed by atoms with Gasteiger partial charge in [-0.3, -0.25) is 4.57 Å². The van der Waals surface area contributed by atoms with Crippen molar-refractivity contribution in [1.82, 2.24) is 0 Å². The van der Waals surface area contributed by atoms with Crippen LogP contribution in [0, 0.1) is 0 Å². The van der Waals surface area contributed by atoms with Crippen LogP contribution < -0.4 is 0 Å². The summed E-state index contributed by atoms with van der Waals surface area (Å²) in [5, 5.41) is 0. The van der Waals surface area contributed by atoms with Gasteiger partial charge in [0, 0.05) is 14.2 Å². The molecule has 0 rings (SSSR count). The second kappa shape index (κ2) is 7.44. The zero-order valence-electron chi connectivity index (χ0n) is 9.78. The van der Waals surface area contributed by atoms with Gasteiger partial charge in [0.25, 0.3) is 0 Å². The van der Waals surface area contributed by atoms with Crippen molar-refractivity contribution in [1.29, 1.82) is 0 Å². The van der Waals surface area contributed by atoms with Crippen LogP contribution in [0.4, 0.5) is 0 Å². The number of hydrogen-bond acceptors (Lipinski definition) is 3. The summed E-state index contributed by atoms with van der Waals surface area (Å²) >= 11 is 0. The maximum atomic E-state index is 11.9. The molecule has 0 heterocycles. The minimum Gasteiger partial charge on any atom is -0.312 e. The van der Waals surface area contributed by atoms with Gasteiger partial charge in [0.15, 0.2) is 0 Å². The highest BCUT2D eigenvalue weighted by Gasteiger charge is 2.29. The van der Waals surface area contributed by atoms with Gasteiger partial charge in [-0.25, -0.2) is 0 Å². The third-order valence-electron chi connectivity index (χ3n) is 2.52. The van der Waals surface area contributed by atoms with Crippen molar-refractivity contribution in [2.45, 2.75) is 51.6 Å². The lowest BCUT2D eigenvalue weighted by Gasteiger charge is -2.20. The Morgan fingerprint density at radius 2 is 1.71 bits per heavy atom. The Labute approximate surface area is 87.7 Å². The first-order chi connectivity index (χ1) is 6.60. The number of rotatable bonds is 8. The molecule has 0 aromatic heterocycles. The SMILES string of the molecule is CCCCCC[C@H](C)P(=O)(OC)OC. The van der Waals surface area contributed by atoms with Crippen molar-refractivity contribution >= 4 is 7.60 Å². The van der Waals surface area contributed by atoms with E-state index < -0.39 is 7.60 Å². The van der Waals surface area contributed by atoms with Crippen molar-refractivity contribution in [3.05, 3.63) is 0 Å². The molecule has 0 unspecified atom stereocenters. The van der Waals surface area contributed by atoms with Gasteiger partial charge < -0.3 is 9.05 Å². The van der Waals surface area contributed by atoms with Gasteiger partial charge >= 0.3 is 7.60 Å². The van der Waals surface area contributed by atoms with Gasteiger partial charge in [-0.1, -0.05) is 39.5 Å². The van der Waals surface area contributed by atoms with E-state index >= 15 is 0 Å². The minimum atomic E-state index is -2.82. The molecule has 0 aromatic rings. The predicted octanol–water partition coefficient (Wildman–Crippen LogP) is 3.83. The number of hydrogen-bond donors (Lipinski definition) is 0. The standard InChI is InChI=1S/C10H23O3P/c1-5-6-7-8-9-10(2)14(11,12-3)13-4/h10H,5-9H2,1-4H3/t10-/m0/s1. The second-order valence-corrected chi connectivity index (χ2v) is 6.29. The molecule has 3 nitrogen and oxygen atoms in total. The van der Waals surface area contributed by atoms with Crippen molar-refractivity contribution in [3.8, 4) is 0 Å². The molecule has 0 bridgehead atoms. The Bertz CT molecular complexity index is 174. The summed E-state index contributed by atoms with van der Waals surface area (Å²) in [6, 6.07) is 0. The topological polar surface area (TPSA) is 35.5 Å². The molecule has 0 saturated carbocycles. The van der Waals surface area contributed by atoms with E-state index in [1.165, 1.54) is 33.5 Å². The molecule has 0 amide bonds. The van der Waals surface area contributed by atoms with Crippen molar-refractivity contribution in [3.63, 3.8) is 0 Å². The molecule has 0 spiro atoms. The van der Waals surface area contributed by atoms with Crippen LogP contribution in [0.2, 0.25) is 0 Å². The first kappa shape index (κ1) is 14.2. The molecule has 0 aliphatic heterocycles. The van der Waals surface area contributed by atoms with Crippen LogP contribution in [0.5, 0.6) is 0 Å². The molecule has 0 aromatic carbocycles. The normalized spacial score (nSPS) is 14.3. The van der Waals surface area contributed by atoms with Crippen LogP contribution in [0.25, 0.3) is 0 Å². The summed E-state index contributed by atoms with van der Waals surface area (Å²) < 4.78 is 21.7. The highest BCUT2D eigenvalue weighted by atomic mass is 31.2. The van der Waals surface area contributed by atoms with Gasteiger partial charge in [0.2, 0.25) is 0 Å². The summed E-state index contributed by atoms with van der Waals surface area (Å²) in [6.45, 7) is 4.11. The molecule has 4 heteroatoms. The van der Waals surface area contributed by atoms with E-state index in [0.717, 1.165) is 12.8 Å². The van der Waals surface area contributed by atoms with Gasteiger partial charge in [0.05, 0.1) is 5.66 Å². The largest absolute Gasteiger partial charge is 0.332 e. The lowest BCUT2D eigenvalue weighted by Crippen LogP contribution is -2.06. The van der Waals surface area contributed by atoms with E-state index in [2.05, 4.69) is 6.92 Å². The van der Waals surface area contributed by atoms with Crippen LogP contribution >= 0.6 is 7.60 Å². The Hall–Kier alpha value is 0.150. The predicted molar refractivity (Wildman–Crippen MR) is 59.8 cm³/mol. The van der Waals surface area contributed by atoms with E-state index in [1.54, 1.807) is 0 Å². The fourth-order valence-corrected chi connectivity index (χ4v) is 2.83. The molecule has 0 N–H and O–H groups in total. The highest BCUT2D eigenvalue weighted by Crippen LogP contribution is 2.52. The van der Waals surface area contributed by atoms with Gasteiger partial charge in [-0.05, 0) is 6.42 Å². The minimum absolute atomic E-state index is 0.00866. The van der Waals surface area contributed by atoms with Crippen LogP contribution in [0.15, 0.2) is 0 Å². The van der Waals surface area contributed by atoms with Crippen molar-refractivity contribution in [2.75, 3.05) is 14.2 Å². The van der Waals surface area contributed by atoms with Crippen molar-refractivity contribution < 1.29 is 13.6 Å². The monoisotopic (exact) mass is 222 g/mol. The fourth-order valence-electron chi connectivity index (χ4n) is 1.46. The summed E-state index contributed by atoms with van der Waals surface area (Å²) in [7, 11) is 0.0816. The van der Waals surface area contributed by atoms with Gasteiger partial charge in [-0.2, -0.15) is 0 Å². The zero-order valence-corrected chi connectivity index (χ0v) is 10.7. The van der Waals surface area contributed by atoms with Crippen molar-refractivity contribution in [2.24, 2.45) is 0 Å². The van der Waals surface area contributed by atoms with Gasteiger partial charge in [-0.15, -0.1) is 0 Å². The van der Waals surface area contributed by atoms with E-state index in [9.17, 15) is 4.57 Å². The Morgan fingerprint density at radius 1 is 1.14 bits per heavy atom. The molecule has 0 radical (unpaired) electrons. The van der Waals surface area contributed by atoms with E-state index in [0.29, 0.717) is 0 Å². The average molecular weight is 222 g/mol. The van der Waals surface area contributed by atoms with Gasteiger partial charge in [0.1, 0.15) is 0 Å². The molecule has 0 aliphatic carbocycles. The summed E-state index contributed by atoms with van der Waals surface area (Å²) in [6.07, 6.45) is 5.69. The lowest BCUT2D eigenvalue weighted by atomic mass is 10.1. The first-order valence-corrected chi connectivity index (χ1v) is 6.93. The second-order valence-electron chi connectivity index (χ2n) is 3.60. The zero-order chi connectivity index (χ0) is 11.0. The Kier molecular flexibility index (Phi) is 7.52. The molecule has 14 heavy (non-hydrogen) atoms. The Balaban J connectivity index is 3.82.